The van der Waals surface area contributed by atoms with Crippen LogP contribution in [0.15, 0.2) is 16.5 Å². The molecule has 0 saturated heterocycles. The molecule has 3 aromatic rings. The van der Waals surface area contributed by atoms with Gasteiger partial charge in [-0.2, -0.15) is 4.98 Å². The van der Waals surface area contributed by atoms with Gasteiger partial charge in [-0.15, -0.1) is 0 Å². The second-order valence-corrected chi connectivity index (χ2v) is 10.9. The summed E-state index contributed by atoms with van der Waals surface area (Å²) in [6, 6.07) is 4.39. The zero-order valence-corrected chi connectivity index (χ0v) is 21.5. The number of hydrogen-bond donors (Lipinski definition) is 3. The standard InChI is InChI=1S/C28H39N5O2/c1-16-10-21(15-34)12-23(16)32-27-25(24-13-22-11-17(2)30-19(4)26(22)35-24)18(3)31-28(33-27)29-14-20-8-6-5-7-9-20/h11,13,16,20-21,23,34H,5-10,12,14-15H2,1-4H3,(H2,29,31,32,33)/t16-,21-,23?/m1/s1. The zero-order valence-electron chi connectivity index (χ0n) is 21.5. The third-order valence-electron chi connectivity index (χ3n) is 7.97. The quantitative estimate of drug-likeness (QED) is 0.383. The van der Waals surface area contributed by atoms with E-state index in [0.29, 0.717) is 23.7 Å². The van der Waals surface area contributed by atoms with Crippen LogP contribution in [0.25, 0.3) is 22.3 Å². The number of aryl methyl sites for hydroxylation is 3. The smallest absolute Gasteiger partial charge is 0.224 e. The summed E-state index contributed by atoms with van der Waals surface area (Å²) in [4.78, 5) is 14.4. The van der Waals surface area contributed by atoms with Crippen molar-refractivity contribution in [1.82, 2.24) is 15.0 Å². The fourth-order valence-corrected chi connectivity index (χ4v) is 6.07. The third-order valence-corrected chi connectivity index (χ3v) is 7.97. The predicted molar refractivity (Wildman–Crippen MR) is 141 cm³/mol. The number of rotatable bonds is 7. The van der Waals surface area contributed by atoms with Gasteiger partial charge < -0.3 is 20.2 Å². The molecule has 0 radical (unpaired) electrons. The molecule has 188 valence electrons. The maximum Gasteiger partial charge on any atom is 0.224 e. The van der Waals surface area contributed by atoms with E-state index in [0.717, 1.165) is 64.6 Å². The Bertz CT molecular complexity index is 1180. The second kappa shape index (κ2) is 10.1. The fourth-order valence-electron chi connectivity index (χ4n) is 6.07. The summed E-state index contributed by atoms with van der Waals surface area (Å²) in [6.07, 6.45) is 8.52. The van der Waals surface area contributed by atoms with Crippen molar-refractivity contribution in [2.45, 2.75) is 78.7 Å². The number of fused-ring (bicyclic) bond motifs is 1. The van der Waals surface area contributed by atoms with Crippen LogP contribution in [0.2, 0.25) is 0 Å². The van der Waals surface area contributed by atoms with E-state index in [1.165, 1.54) is 32.1 Å². The minimum Gasteiger partial charge on any atom is -0.454 e. The van der Waals surface area contributed by atoms with Gasteiger partial charge in [-0.1, -0.05) is 26.2 Å². The number of aliphatic hydroxyl groups excluding tert-OH is 1. The Balaban J connectivity index is 1.50. The first kappa shape index (κ1) is 24.0. The molecule has 5 rings (SSSR count). The number of hydrogen-bond acceptors (Lipinski definition) is 7. The van der Waals surface area contributed by atoms with E-state index in [-0.39, 0.29) is 12.6 Å². The summed E-state index contributed by atoms with van der Waals surface area (Å²) in [5.74, 6) is 3.73. The van der Waals surface area contributed by atoms with Gasteiger partial charge in [-0.05, 0) is 76.3 Å². The largest absolute Gasteiger partial charge is 0.454 e. The van der Waals surface area contributed by atoms with Crippen LogP contribution in [0.1, 0.15) is 69.0 Å². The van der Waals surface area contributed by atoms with Crippen molar-refractivity contribution >= 4 is 22.7 Å². The van der Waals surface area contributed by atoms with Gasteiger partial charge in [0.15, 0.2) is 5.58 Å². The van der Waals surface area contributed by atoms with E-state index < -0.39 is 0 Å². The molecule has 2 aliphatic carbocycles. The van der Waals surface area contributed by atoms with Gasteiger partial charge in [0, 0.05) is 30.3 Å². The lowest BCUT2D eigenvalue weighted by Gasteiger charge is -2.23. The Morgan fingerprint density at radius 1 is 0.971 bits per heavy atom. The Hall–Kier alpha value is -2.67. The molecule has 1 unspecified atom stereocenters. The summed E-state index contributed by atoms with van der Waals surface area (Å²) in [6.45, 7) is 9.43. The fraction of sp³-hybridized carbons (Fsp3) is 0.607. The Labute approximate surface area is 208 Å². The maximum atomic E-state index is 9.73. The molecule has 3 aromatic heterocycles. The van der Waals surface area contributed by atoms with Crippen LogP contribution in [0.5, 0.6) is 0 Å². The number of anilines is 2. The van der Waals surface area contributed by atoms with Crippen molar-refractivity contribution in [3.63, 3.8) is 0 Å². The van der Waals surface area contributed by atoms with Crippen molar-refractivity contribution in [2.75, 3.05) is 23.8 Å². The molecule has 0 spiro atoms. The number of nitrogens with zero attached hydrogens (tertiary/aromatic N) is 3. The Morgan fingerprint density at radius 2 is 1.77 bits per heavy atom. The van der Waals surface area contributed by atoms with Gasteiger partial charge in [0.1, 0.15) is 11.6 Å². The van der Waals surface area contributed by atoms with Crippen molar-refractivity contribution in [3.05, 3.63) is 29.2 Å². The topological polar surface area (TPSA) is 96.1 Å². The highest BCUT2D eigenvalue weighted by molar-refractivity contribution is 5.87. The molecule has 2 saturated carbocycles. The molecule has 3 atom stereocenters. The van der Waals surface area contributed by atoms with E-state index in [9.17, 15) is 5.11 Å². The molecule has 35 heavy (non-hydrogen) atoms. The minimum absolute atomic E-state index is 0.238. The van der Waals surface area contributed by atoms with E-state index in [4.69, 9.17) is 14.4 Å². The van der Waals surface area contributed by atoms with Gasteiger partial charge in [0.25, 0.3) is 0 Å². The summed E-state index contributed by atoms with van der Waals surface area (Å²) in [5.41, 5.74) is 4.47. The van der Waals surface area contributed by atoms with Gasteiger partial charge in [-0.3, -0.25) is 4.98 Å². The zero-order chi connectivity index (χ0) is 24.5. The Morgan fingerprint density at radius 3 is 2.51 bits per heavy atom. The van der Waals surface area contributed by atoms with Crippen LogP contribution in [0, 0.1) is 38.5 Å². The highest BCUT2D eigenvalue weighted by atomic mass is 16.3. The Kier molecular flexibility index (Phi) is 6.96. The first-order valence-corrected chi connectivity index (χ1v) is 13.3. The SMILES string of the molecule is Cc1cc2cc(-c3c(C)nc(NCC4CCCCC4)nc3NC3C[C@H](CO)C[C@H]3C)oc2c(C)n1. The summed E-state index contributed by atoms with van der Waals surface area (Å²) in [5, 5.41) is 18.0. The van der Waals surface area contributed by atoms with Crippen LogP contribution in [-0.2, 0) is 0 Å². The average molecular weight is 478 g/mol. The molecule has 0 amide bonds. The third kappa shape index (κ3) is 5.15. The van der Waals surface area contributed by atoms with Crippen LogP contribution in [0.4, 0.5) is 11.8 Å². The molecule has 3 N–H and O–H groups in total. The van der Waals surface area contributed by atoms with Crippen molar-refractivity contribution < 1.29 is 9.52 Å². The maximum absolute atomic E-state index is 9.73. The van der Waals surface area contributed by atoms with Gasteiger partial charge in [-0.25, -0.2) is 4.98 Å². The lowest BCUT2D eigenvalue weighted by molar-refractivity contribution is 0.226. The number of nitrogens with one attached hydrogen (secondary N) is 2. The molecular weight excluding hydrogens is 438 g/mol. The summed E-state index contributed by atoms with van der Waals surface area (Å²) >= 11 is 0. The number of furan rings is 1. The lowest BCUT2D eigenvalue weighted by Crippen LogP contribution is -2.24. The van der Waals surface area contributed by atoms with Crippen LogP contribution >= 0.6 is 0 Å². The molecule has 2 fully saturated rings. The van der Waals surface area contributed by atoms with E-state index in [1.807, 2.05) is 20.8 Å². The highest BCUT2D eigenvalue weighted by Gasteiger charge is 2.32. The molecular formula is C28H39N5O2. The van der Waals surface area contributed by atoms with Crippen LogP contribution in [0.3, 0.4) is 0 Å². The van der Waals surface area contributed by atoms with Gasteiger partial charge >= 0.3 is 0 Å². The lowest BCUT2D eigenvalue weighted by atomic mass is 9.89. The molecule has 7 heteroatoms. The number of pyridine rings is 1. The first-order valence-electron chi connectivity index (χ1n) is 13.3. The monoisotopic (exact) mass is 477 g/mol. The first-order chi connectivity index (χ1) is 16.9. The predicted octanol–water partition coefficient (Wildman–Crippen LogP) is 6.02. The van der Waals surface area contributed by atoms with E-state index >= 15 is 0 Å². The van der Waals surface area contributed by atoms with Gasteiger partial charge in [0.05, 0.1) is 17.0 Å². The molecule has 2 aliphatic rings. The normalized spacial score (nSPS) is 23.2. The summed E-state index contributed by atoms with van der Waals surface area (Å²) in [7, 11) is 0. The summed E-state index contributed by atoms with van der Waals surface area (Å²) < 4.78 is 6.35. The van der Waals surface area contributed by atoms with E-state index in [1.54, 1.807) is 0 Å². The molecule has 7 nitrogen and oxygen atoms in total. The average Bonchev–Trinajstić information content (AvgIpc) is 3.41. The van der Waals surface area contributed by atoms with Crippen molar-refractivity contribution in [3.8, 4) is 11.3 Å². The number of aliphatic hydroxyl groups is 1. The van der Waals surface area contributed by atoms with E-state index in [2.05, 4.69) is 34.7 Å². The van der Waals surface area contributed by atoms with Crippen LogP contribution in [-0.4, -0.2) is 39.3 Å². The van der Waals surface area contributed by atoms with Gasteiger partial charge in [0.2, 0.25) is 5.95 Å². The minimum atomic E-state index is 0.238. The highest BCUT2D eigenvalue weighted by Crippen LogP contribution is 2.39. The molecule has 0 bridgehead atoms. The molecule has 0 aromatic carbocycles. The molecule has 0 aliphatic heterocycles. The second-order valence-electron chi connectivity index (χ2n) is 10.9. The van der Waals surface area contributed by atoms with Crippen molar-refractivity contribution in [2.24, 2.45) is 17.8 Å². The number of aromatic nitrogens is 3. The van der Waals surface area contributed by atoms with Crippen LogP contribution < -0.4 is 10.6 Å². The molecule has 3 heterocycles. The van der Waals surface area contributed by atoms with Crippen molar-refractivity contribution in [1.29, 1.82) is 0 Å².